The van der Waals surface area contributed by atoms with E-state index in [1.165, 1.54) is 54.1 Å². The van der Waals surface area contributed by atoms with Crippen molar-refractivity contribution in [1.29, 1.82) is 0 Å². The molecule has 2 aliphatic heterocycles. The van der Waals surface area contributed by atoms with Crippen LogP contribution in [0.15, 0.2) is 36.7 Å². The Balaban J connectivity index is 0.000000392. The fourth-order valence-electron chi connectivity index (χ4n) is 5.33. The Morgan fingerprint density at radius 1 is 1.05 bits per heavy atom. The zero-order valence-corrected chi connectivity index (χ0v) is 27.1. The number of nitrogens with one attached hydrogen (secondary N) is 2. The monoisotopic (exact) mass is 593 g/mol. The molecule has 42 heavy (non-hydrogen) atoms. The summed E-state index contributed by atoms with van der Waals surface area (Å²) in [5, 5.41) is 8.32. The number of fused-ring (bicyclic) bond motifs is 1. The van der Waals surface area contributed by atoms with E-state index < -0.39 is 0 Å². The van der Waals surface area contributed by atoms with Crippen LogP contribution in [0.3, 0.4) is 0 Å². The van der Waals surface area contributed by atoms with Gasteiger partial charge in [0.1, 0.15) is 17.2 Å². The Kier molecular flexibility index (Phi) is 10.8. The molecule has 2 fully saturated rings. The van der Waals surface area contributed by atoms with E-state index >= 15 is 0 Å². The number of alkyl carbamates (subject to hydrolysis) is 1. The number of pyridine rings is 1. The number of carbonyl (C=O) groups is 1. The number of hydrogen-bond donors (Lipinski definition) is 2. The summed E-state index contributed by atoms with van der Waals surface area (Å²) in [5.74, 6) is 4.91. The van der Waals surface area contributed by atoms with Crippen molar-refractivity contribution in [2.24, 2.45) is 5.92 Å². The maximum Gasteiger partial charge on any atom is 0.407 e. The highest BCUT2D eigenvalue weighted by molar-refractivity contribution is 7.98. The van der Waals surface area contributed by atoms with Gasteiger partial charge in [-0.15, -0.1) is 0 Å². The number of amides is 1. The molecular formula is C32H47N7O2S. The molecule has 2 aliphatic rings. The first-order valence-electron chi connectivity index (χ1n) is 15.0. The SMILES string of the molecule is CNC(=O)OC(C)(C)C.CSCC1CN(c2ccc(C(C)C)c3cc(Nc4ccnc(N5CCCCC5)n4)ncc23)C1. The van der Waals surface area contributed by atoms with Crippen molar-refractivity contribution in [3.05, 3.63) is 42.2 Å². The van der Waals surface area contributed by atoms with Crippen molar-refractivity contribution in [1.82, 2.24) is 20.3 Å². The Labute approximate surface area is 255 Å². The van der Waals surface area contributed by atoms with Gasteiger partial charge < -0.3 is 25.2 Å². The number of nitrogens with zero attached hydrogens (tertiary/aromatic N) is 5. The summed E-state index contributed by atoms with van der Waals surface area (Å²) in [5.41, 5.74) is 2.28. The summed E-state index contributed by atoms with van der Waals surface area (Å²) in [4.78, 5) is 29.3. The van der Waals surface area contributed by atoms with Gasteiger partial charge in [0, 0.05) is 62.6 Å². The molecule has 228 valence electrons. The zero-order chi connectivity index (χ0) is 30.3. The van der Waals surface area contributed by atoms with Crippen LogP contribution in [0.2, 0.25) is 0 Å². The third-order valence-corrected chi connectivity index (χ3v) is 8.18. The molecule has 0 aliphatic carbocycles. The minimum absolute atomic E-state index is 0.387. The van der Waals surface area contributed by atoms with Crippen LogP contribution in [0, 0.1) is 5.92 Å². The molecular weight excluding hydrogens is 546 g/mol. The number of ether oxygens (including phenoxy) is 1. The van der Waals surface area contributed by atoms with E-state index in [-0.39, 0.29) is 11.7 Å². The third-order valence-electron chi connectivity index (χ3n) is 7.37. The highest BCUT2D eigenvalue weighted by Gasteiger charge is 2.28. The minimum atomic E-state index is -0.389. The van der Waals surface area contributed by atoms with E-state index in [1.807, 2.05) is 51.0 Å². The second-order valence-electron chi connectivity index (χ2n) is 12.3. The lowest BCUT2D eigenvalue weighted by molar-refractivity contribution is 0.0541. The Morgan fingerprint density at radius 3 is 2.40 bits per heavy atom. The van der Waals surface area contributed by atoms with Crippen molar-refractivity contribution >= 4 is 51.9 Å². The number of aromatic nitrogens is 3. The van der Waals surface area contributed by atoms with Crippen LogP contribution < -0.4 is 20.4 Å². The Hall–Kier alpha value is -3.27. The van der Waals surface area contributed by atoms with Crippen LogP contribution in [0.5, 0.6) is 0 Å². The third kappa shape index (κ3) is 8.40. The summed E-state index contributed by atoms with van der Waals surface area (Å²) in [6.07, 6.45) is 9.40. The number of hydrogen-bond acceptors (Lipinski definition) is 9. The quantitative estimate of drug-likeness (QED) is 0.306. The first-order chi connectivity index (χ1) is 20.1. The van der Waals surface area contributed by atoms with E-state index in [2.05, 4.69) is 63.7 Å². The van der Waals surface area contributed by atoms with Crippen molar-refractivity contribution < 1.29 is 9.53 Å². The lowest BCUT2D eigenvalue weighted by Gasteiger charge is -2.41. The average molecular weight is 594 g/mol. The van der Waals surface area contributed by atoms with Gasteiger partial charge in [0.2, 0.25) is 5.95 Å². The van der Waals surface area contributed by atoms with Crippen LogP contribution in [0.4, 0.5) is 28.1 Å². The molecule has 4 heterocycles. The molecule has 0 saturated carbocycles. The molecule has 9 nitrogen and oxygen atoms in total. The molecule has 0 radical (unpaired) electrons. The lowest BCUT2D eigenvalue weighted by Crippen LogP contribution is -2.48. The van der Waals surface area contributed by atoms with Gasteiger partial charge >= 0.3 is 6.09 Å². The standard InChI is InChI=1S/C26H34N6S.C6H13NO2/c1-18(2)20-7-8-23(32-15-19(16-32)17-33-3)22-14-28-25(13-21(20)22)29-24-9-10-27-26(30-24)31-11-5-4-6-12-31;1-6(2,3)9-5(8)7-4/h7-10,13-14,18-19H,4-6,11-12,15-17H2,1-3H3,(H,27,28,29,30);1-4H3,(H,7,8). The molecule has 10 heteroatoms. The van der Waals surface area contributed by atoms with E-state index in [1.54, 1.807) is 0 Å². The van der Waals surface area contributed by atoms with Crippen LogP contribution in [0.1, 0.15) is 65.4 Å². The van der Waals surface area contributed by atoms with Crippen LogP contribution >= 0.6 is 11.8 Å². The van der Waals surface area contributed by atoms with Gasteiger partial charge in [0.15, 0.2) is 0 Å². The second-order valence-corrected chi connectivity index (χ2v) is 13.2. The smallest absolute Gasteiger partial charge is 0.407 e. The fraction of sp³-hybridized carbons (Fsp3) is 0.562. The van der Waals surface area contributed by atoms with Crippen molar-refractivity contribution in [3.8, 4) is 0 Å². The molecule has 2 N–H and O–H groups in total. The van der Waals surface area contributed by atoms with Gasteiger partial charge in [-0.3, -0.25) is 0 Å². The summed E-state index contributed by atoms with van der Waals surface area (Å²) in [7, 11) is 1.54. The topological polar surface area (TPSA) is 95.5 Å². The second kappa shape index (κ2) is 14.3. The maximum atomic E-state index is 10.5. The average Bonchev–Trinajstić information content (AvgIpc) is 2.94. The van der Waals surface area contributed by atoms with Gasteiger partial charge in [-0.1, -0.05) is 19.9 Å². The minimum Gasteiger partial charge on any atom is -0.444 e. The maximum absolute atomic E-state index is 10.5. The Bertz CT molecular complexity index is 1330. The van der Waals surface area contributed by atoms with Crippen molar-refractivity contribution in [2.45, 2.75) is 65.4 Å². The Morgan fingerprint density at radius 2 is 1.79 bits per heavy atom. The zero-order valence-electron chi connectivity index (χ0n) is 26.2. The van der Waals surface area contributed by atoms with Crippen LogP contribution in [-0.2, 0) is 4.74 Å². The van der Waals surface area contributed by atoms with E-state index in [9.17, 15) is 4.79 Å². The van der Waals surface area contributed by atoms with Gasteiger partial charge in [0.25, 0.3) is 0 Å². The highest BCUT2D eigenvalue weighted by atomic mass is 32.2. The fourth-order valence-corrected chi connectivity index (χ4v) is 6.01. The normalized spacial score (nSPS) is 15.6. The summed E-state index contributed by atoms with van der Waals surface area (Å²) in [6, 6.07) is 8.70. The largest absolute Gasteiger partial charge is 0.444 e. The number of thioether (sulfide) groups is 1. The van der Waals surface area contributed by atoms with Crippen molar-refractivity contribution in [3.63, 3.8) is 0 Å². The van der Waals surface area contributed by atoms with E-state index in [0.717, 1.165) is 49.7 Å². The molecule has 1 amide bonds. The van der Waals surface area contributed by atoms with Crippen LogP contribution in [-0.4, -0.2) is 71.9 Å². The molecule has 0 bridgehead atoms. The molecule has 3 aromatic rings. The van der Waals surface area contributed by atoms with Gasteiger partial charge in [-0.05, 0) is 87.1 Å². The molecule has 5 rings (SSSR count). The van der Waals surface area contributed by atoms with Crippen LogP contribution in [0.25, 0.3) is 10.8 Å². The van der Waals surface area contributed by atoms with Gasteiger partial charge in [-0.25, -0.2) is 14.8 Å². The van der Waals surface area contributed by atoms with E-state index in [4.69, 9.17) is 14.7 Å². The molecule has 0 unspecified atom stereocenters. The summed E-state index contributed by atoms with van der Waals surface area (Å²) < 4.78 is 4.84. The number of benzene rings is 1. The van der Waals surface area contributed by atoms with Gasteiger partial charge in [-0.2, -0.15) is 16.7 Å². The molecule has 0 spiro atoms. The highest BCUT2D eigenvalue weighted by Crippen LogP contribution is 2.37. The lowest BCUT2D eigenvalue weighted by atomic mass is 9.93. The molecule has 2 aromatic heterocycles. The molecule has 2 saturated heterocycles. The number of anilines is 4. The number of piperidine rings is 1. The number of rotatable bonds is 7. The first-order valence-corrected chi connectivity index (χ1v) is 16.4. The molecule has 1 aromatic carbocycles. The predicted molar refractivity (Wildman–Crippen MR) is 177 cm³/mol. The molecule has 0 atom stereocenters. The predicted octanol–water partition coefficient (Wildman–Crippen LogP) is 6.82. The summed E-state index contributed by atoms with van der Waals surface area (Å²) in [6.45, 7) is 14.3. The van der Waals surface area contributed by atoms with Gasteiger partial charge in [0.05, 0.1) is 0 Å². The number of carbonyl (C=O) groups excluding carboxylic acids is 1. The van der Waals surface area contributed by atoms with Crippen molar-refractivity contribution in [2.75, 3.05) is 60.4 Å². The van der Waals surface area contributed by atoms with E-state index in [0.29, 0.717) is 5.92 Å². The summed E-state index contributed by atoms with van der Waals surface area (Å²) >= 11 is 1.94. The first kappa shape index (κ1) is 31.7.